The molecule has 0 unspecified atom stereocenters. The lowest BCUT2D eigenvalue weighted by Crippen LogP contribution is -2.33. The summed E-state index contributed by atoms with van der Waals surface area (Å²) in [6, 6.07) is 4.62. The molecule has 15 heavy (non-hydrogen) atoms. The maximum atomic E-state index is 11.1. The average molecular weight is 263 g/mol. The van der Waals surface area contributed by atoms with E-state index in [4.69, 9.17) is 22.9 Å². The van der Waals surface area contributed by atoms with Gasteiger partial charge in [0.25, 0.3) is 9.05 Å². The summed E-state index contributed by atoms with van der Waals surface area (Å²) in [7, 11) is 1.57. The van der Waals surface area contributed by atoms with Gasteiger partial charge in [-0.2, -0.15) is 0 Å². The first-order valence-electron chi connectivity index (χ1n) is 4.09. The molecule has 0 saturated carbocycles. The van der Waals surface area contributed by atoms with Gasteiger partial charge in [0.05, 0.1) is 4.90 Å². The first-order valence-corrected chi connectivity index (χ1v) is 6.81. The second kappa shape index (κ2) is 3.62. The van der Waals surface area contributed by atoms with Crippen LogP contribution in [0.15, 0.2) is 23.1 Å². The zero-order chi connectivity index (χ0) is 11.1. The molecule has 0 amide bonds. The number of nitrogens with one attached hydrogen (secondary N) is 2. The molecule has 80 valence electrons. The molecule has 4 nitrogen and oxygen atoms in total. The highest BCUT2D eigenvalue weighted by Gasteiger charge is 2.16. The molecule has 1 aromatic rings. The number of fused-ring (bicyclic) bond motifs is 1. The van der Waals surface area contributed by atoms with Gasteiger partial charge in [-0.05, 0) is 36.0 Å². The fourth-order valence-corrected chi connectivity index (χ4v) is 2.32. The number of hydrogen-bond donors (Lipinski definition) is 2. The van der Waals surface area contributed by atoms with Crippen LogP contribution in [0.25, 0.3) is 0 Å². The van der Waals surface area contributed by atoms with E-state index in [-0.39, 0.29) is 4.90 Å². The van der Waals surface area contributed by atoms with Gasteiger partial charge in [0.1, 0.15) is 0 Å². The summed E-state index contributed by atoms with van der Waals surface area (Å²) in [6.45, 7) is 0.501. The van der Waals surface area contributed by atoms with E-state index in [1.165, 1.54) is 12.1 Å². The van der Waals surface area contributed by atoms with Gasteiger partial charge in [0.15, 0.2) is 5.11 Å². The molecule has 0 spiro atoms. The fraction of sp³-hybridized carbons (Fsp3) is 0.125. The molecule has 0 fully saturated rings. The fourth-order valence-electron chi connectivity index (χ4n) is 1.33. The lowest BCUT2D eigenvalue weighted by molar-refractivity contribution is 0.609. The van der Waals surface area contributed by atoms with E-state index < -0.39 is 9.05 Å². The Morgan fingerprint density at radius 3 is 2.80 bits per heavy atom. The van der Waals surface area contributed by atoms with Crippen LogP contribution in [0.4, 0.5) is 5.69 Å². The maximum Gasteiger partial charge on any atom is 0.261 e. The number of hydrogen-bond acceptors (Lipinski definition) is 3. The molecule has 7 heteroatoms. The normalized spacial score (nSPS) is 15.1. The lowest BCUT2D eigenvalue weighted by Gasteiger charge is -2.20. The summed E-state index contributed by atoms with van der Waals surface area (Å²) in [5.74, 6) is 0. The standard InChI is InChI=1S/C8H7ClN2O2S2/c9-15(12,13)6-1-2-7-5(3-6)4-10-8(14)11-7/h1-3H,4H2,(H2,10,11,14). The summed E-state index contributed by atoms with van der Waals surface area (Å²) in [6.07, 6.45) is 0. The summed E-state index contributed by atoms with van der Waals surface area (Å²) >= 11 is 4.92. The Kier molecular flexibility index (Phi) is 2.57. The first-order chi connectivity index (χ1) is 6.97. The van der Waals surface area contributed by atoms with Crippen LogP contribution in [-0.2, 0) is 15.6 Å². The molecule has 0 aromatic heterocycles. The van der Waals surface area contributed by atoms with Gasteiger partial charge >= 0.3 is 0 Å². The SMILES string of the molecule is O=S(=O)(Cl)c1ccc2c(c1)CNC(=S)N2. The van der Waals surface area contributed by atoms with Gasteiger partial charge in [-0.15, -0.1) is 0 Å². The van der Waals surface area contributed by atoms with Gasteiger partial charge in [-0.3, -0.25) is 0 Å². The van der Waals surface area contributed by atoms with E-state index in [9.17, 15) is 8.42 Å². The van der Waals surface area contributed by atoms with Crippen LogP contribution in [0, 0.1) is 0 Å². The van der Waals surface area contributed by atoms with Crippen LogP contribution in [0.3, 0.4) is 0 Å². The molecule has 0 aliphatic carbocycles. The average Bonchev–Trinajstić information content (AvgIpc) is 2.15. The largest absolute Gasteiger partial charge is 0.358 e. The Bertz CT molecular complexity index is 527. The Morgan fingerprint density at radius 2 is 2.13 bits per heavy atom. The van der Waals surface area contributed by atoms with Crippen molar-refractivity contribution in [2.45, 2.75) is 11.4 Å². The molecule has 2 rings (SSSR count). The monoisotopic (exact) mass is 262 g/mol. The molecule has 0 atom stereocenters. The molecule has 0 saturated heterocycles. The third kappa shape index (κ3) is 2.22. The number of anilines is 1. The minimum Gasteiger partial charge on any atom is -0.358 e. The summed E-state index contributed by atoms with van der Waals surface area (Å²) in [4.78, 5) is 0.0966. The Balaban J connectivity index is 2.48. The number of halogens is 1. The minimum absolute atomic E-state index is 0.0966. The van der Waals surface area contributed by atoms with Gasteiger partial charge in [0.2, 0.25) is 0 Å². The molecular weight excluding hydrogens is 256 g/mol. The van der Waals surface area contributed by atoms with Crippen molar-refractivity contribution in [1.29, 1.82) is 0 Å². The zero-order valence-electron chi connectivity index (χ0n) is 7.45. The minimum atomic E-state index is -3.67. The van der Waals surface area contributed by atoms with Gasteiger partial charge in [-0.1, -0.05) is 0 Å². The zero-order valence-corrected chi connectivity index (χ0v) is 9.84. The Morgan fingerprint density at radius 1 is 1.40 bits per heavy atom. The van der Waals surface area contributed by atoms with Gasteiger partial charge in [-0.25, -0.2) is 8.42 Å². The molecule has 1 aliphatic heterocycles. The predicted octanol–water partition coefficient (Wildman–Crippen LogP) is 1.41. The van der Waals surface area contributed by atoms with Crippen molar-refractivity contribution < 1.29 is 8.42 Å². The van der Waals surface area contributed by atoms with Gasteiger partial charge in [0, 0.05) is 22.9 Å². The highest BCUT2D eigenvalue weighted by atomic mass is 35.7. The van der Waals surface area contributed by atoms with E-state index in [2.05, 4.69) is 10.6 Å². The van der Waals surface area contributed by atoms with Crippen LogP contribution in [0.2, 0.25) is 0 Å². The van der Waals surface area contributed by atoms with Gasteiger partial charge < -0.3 is 10.6 Å². The maximum absolute atomic E-state index is 11.1. The topological polar surface area (TPSA) is 58.2 Å². The van der Waals surface area contributed by atoms with Crippen molar-refractivity contribution in [1.82, 2.24) is 5.32 Å². The smallest absolute Gasteiger partial charge is 0.261 e. The molecular formula is C8H7ClN2O2S2. The number of rotatable bonds is 1. The van der Waals surface area contributed by atoms with Crippen LogP contribution >= 0.6 is 22.9 Å². The molecule has 2 N–H and O–H groups in total. The van der Waals surface area contributed by atoms with E-state index in [1.807, 2.05) is 0 Å². The predicted molar refractivity (Wildman–Crippen MR) is 62.5 cm³/mol. The third-order valence-corrected chi connectivity index (χ3v) is 3.64. The van der Waals surface area contributed by atoms with Crippen molar-refractivity contribution in [3.05, 3.63) is 23.8 Å². The molecule has 1 aromatic carbocycles. The highest BCUT2D eigenvalue weighted by Crippen LogP contribution is 2.24. The Hall–Kier alpha value is -0.850. The third-order valence-electron chi connectivity index (χ3n) is 2.05. The molecule has 1 heterocycles. The van der Waals surface area contributed by atoms with E-state index in [0.29, 0.717) is 11.7 Å². The molecule has 0 radical (unpaired) electrons. The van der Waals surface area contributed by atoms with Crippen LogP contribution < -0.4 is 10.6 Å². The van der Waals surface area contributed by atoms with Crippen LogP contribution in [0.1, 0.15) is 5.56 Å². The number of benzene rings is 1. The van der Waals surface area contributed by atoms with Crippen molar-refractivity contribution in [3.63, 3.8) is 0 Å². The van der Waals surface area contributed by atoms with Crippen molar-refractivity contribution in [2.75, 3.05) is 5.32 Å². The van der Waals surface area contributed by atoms with E-state index in [0.717, 1.165) is 11.3 Å². The summed E-state index contributed by atoms with van der Waals surface area (Å²) < 4.78 is 22.2. The highest BCUT2D eigenvalue weighted by molar-refractivity contribution is 8.13. The van der Waals surface area contributed by atoms with Crippen molar-refractivity contribution in [3.8, 4) is 0 Å². The second-order valence-corrected chi connectivity index (χ2v) is 6.04. The molecule has 1 aliphatic rings. The first kappa shape index (κ1) is 10.7. The van der Waals surface area contributed by atoms with Crippen LogP contribution in [0.5, 0.6) is 0 Å². The van der Waals surface area contributed by atoms with E-state index >= 15 is 0 Å². The van der Waals surface area contributed by atoms with Crippen molar-refractivity contribution >= 4 is 42.8 Å². The van der Waals surface area contributed by atoms with E-state index in [1.54, 1.807) is 6.07 Å². The lowest BCUT2D eigenvalue weighted by atomic mass is 10.1. The summed E-state index contributed by atoms with van der Waals surface area (Å²) in [5, 5.41) is 6.35. The second-order valence-electron chi connectivity index (χ2n) is 3.06. The quantitative estimate of drug-likeness (QED) is 0.592. The molecule has 0 bridgehead atoms. The Labute approximate surface area is 97.0 Å². The van der Waals surface area contributed by atoms with Crippen LogP contribution in [-0.4, -0.2) is 13.5 Å². The van der Waals surface area contributed by atoms with Crippen molar-refractivity contribution in [2.24, 2.45) is 0 Å². The number of thiocarbonyl (C=S) groups is 1. The summed E-state index contributed by atoms with van der Waals surface area (Å²) in [5.41, 5.74) is 1.63.